The average Bonchev–Trinajstić information content (AvgIpc) is 2.77. The number of nitrogens with zero attached hydrogens (tertiary/aromatic N) is 2. The second kappa shape index (κ2) is 9.72. The van der Waals surface area contributed by atoms with Crippen LogP contribution in [-0.4, -0.2) is 52.9 Å². The molecule has 2 amide bonds. The van der Waals surface area contributed by atoms with E-state index in [-0.39, 0.29) is 23.3 Å². The number of hydrazine groups is 1. The SMILES string of the molecule is CCCN(CCC)NC(=O)C(CC)N1CCCC1=O.O. The molecule has 118 valence electrons. The highest BCUT2D eigenvalue weighted by molar-refractivity contribution is 5.88. The number of carbonyl (C=O) groups excluding carboxylic acids is 2. The van der Waals surface area contributed by atoms with Gasteiger partial charge < -0.3 is 10.4 Å². The molecule has 6 heteroatoms. The average molecular weight is 287 g/mol. The molecule has 1 heterocycles. The van der Waals surface area contributed by atoms with Crippen LogP contribution in [0.5, 0.6) is 0 Å². The van der Waals surface area contributed by atoms with Crippen LogP contribution in [0.15, 0.2) is 0 Å². The number of nitrogens with one attached hydrogen (secondary N) is 1. The van der Waals surface area contributed by atoms with Crippen molar-refractivity contribution in [2.45, 2.75) is 58.9 Å². The standard InChI is InChI=1S/C14H27N3O2.H2O/c1-4-9-16(10-5-2)15-14(19)12(6-3)17-11-7-8-13(17)18;/h12H,4-11H2,1-3H3,(H,15,19);1H2. The summed E-state index contributed by atoms with van der Waals surface area (Å²) in [5.41, 5.74) is 2.97. The normalized spacial score (nSPS) is 16.2. The molecule has 20 heavy (non-hydrogen) atoms. The molecule has 1 fully saturated rings. The largest absolute Gasteiger partial charge is 0.412 e. The molecule has 0 bridgehead atoms. The Morgan fingerprint density at radius 3 is 2.30 bits per heavy atom. The van der Waals surface area contributed by atoms with E-state index in [0.717, 1.165) is 32.4 Å². The maximum Gasteiger partial charge on any atom is 0.257 e. The molecule has 0 radical (unpaired) electrons. The van der Waals surface area contributed by atoms with Gasteiger partial charge in [0.25, 0.3) is 5.91 Å². The molecule has 1 rings (SSSR count). The van der Waals surface area contributed by atoms with Gasteiger partial charge in [0.05, 0.1) is 0 Å². The molecule has 1 atom stereocenters. The lowest BCUT2D eigenvalue weighted by atomic mass is 10.2. The van der Waals surface area contributed by atoms with Crippen molar-refractivity contribution in [2.75, 3.05) is 19.6 Å². The fraction of sp³-hybridized carbons (Fsp3) is 0.857. The fourth-order valence-corrected chi connectivity index (χ4v) is 2.54. The number of amides is 2. The zero-order valence-corrected chi connectivity index (χ0v) is 12.9. The van der Waals surface area contributed by atoms with Crippen LogP contribution in [0.1, 0.15) is 52.9 Å². The summed E-state index contributed by atoms with van der Waals surface area (Å²) in [5.74, 6) is 0.0687. The topological polar surface area (TPSA) is 84.2 Å². The van der Waals surface area contributed by atoms with Crippen LogP contribution in [-0.2, 0) is 9.59 Å². The van der Waals surface area contributed by atoms with Crippen molar-refractivity contribution in [3.05, 3.63) is 0 Å². The predicted molar refractivity (Wildman–Crippen MR) is 78.9 cm³/mol. The van der Waals surface area contributed by atoms with E-state index >= 15 is 0 Å². The molecular weight excluding hydrogens is 258 g/mol. The van der Waals surface area contributed by atoms with E-state index in [1.165, 1.54) is 0 Å². The molecule has 0 saturated carbocycles. The molecule has 1 aliphatic heterocycles. The third-order valence-corrected chi connectivity index (χ3v) is 3.43. The first-order valence-corrected chi connectivity index (χ1v) is 7.48. The minimum atomic E-state index is -0.314. The minimum absolute atomic E-state index is 0. The molecule has 0 aromatic carbocycles. The van der Waals surface area contributed by atoms with Crippen molar-refractivity contribution in [3.8, 4) is 0 Å². The van der Waals surface area contributed by atoms with E-state index in [1.807, 2.05) is 11.9 Å². The van der Waals surface area contributed by atoms with E-state index in [4.69, 9.17) is 0 Å². The lowest BCUT2D eigenvalue weighted by Gasteiger charge is -2.29. The van der Waals surface area contributed by atoms with Crippen molar-refractivity contribution < 1.29 is 15.1 Å². The molecule has 0 aromatic rings. The summed E-state index contributed by atoms with van der Waals surface area (Å²) >= 11 is 0. The molecule has 0 aromatic heterocycles. The van der Waals surface area contributed by atoms with Crippen molar-refractivity contribution in [1.29, 1.82) is 0 Å². The van der Waals surface area contributed by atoms with E-state index in [1.54, 1.807) is 4.90 Å². The van der Waals surface area contributed by atoms with Gasteiger partial charge in [-0.3, -0.25) is 15.0 Å². The van der Waals surface area contributed by atoms with Crippen molar-refractivity contribution in [1.82, 2.24) is 15.3 Å². The van der Waals surface area contributed by atoms with E-state index < -0.39 is 0 Å². The van der Waals surface area contributed by atoms with Crippen LogP contribution >= 0.6 is 0 Å². The van der Waals surface area contributed by atoms with Crippen molar-refractivity contribution in [3.63, 3.8) is 0 Å². The van der Waals surface area contributed by atoms with Crippen LogP contribution < -0.4 is 5.43 Å². The number of rotatable bonds is 8. The van der Waals surface area contributed by atoms with Crippen LogP contribution in [0.2, 0.25) is 0 Å². The summed E-state index contributed by atoms with van der Waals surface area (Å²) in [6, 6.07) is -0.314. The van der Waals surface area contributed by atoms with Gasteiger partial charge >= 0.3 is 0 Å². The highest BCUT2D eigenvalue weighted by Crippen LogP contribution is 2.16. The zero-order chi connectivity index (χ0) is 14.3. The first-order valence-electron chi connectivity index (χ1n) is 7.48. The summed E-state index contributed by atoms with van der Waals surface area (Å²) in [7, 11) is 0. The summed E-state index contributed by atoms with van der Waals surface area (Å²) in [5, 5.41) is 1.96. The smallest absolute Gasteiger partial charge is 0.257 e. The van der Waals surface area contributed by atoms with Crippen LogP contribution in [0.4, 0.5) is 0 Å². The van der Waals surface area contributed by atoms with Gasteiger partial charge in [0, 0.05) is 26.1 Å². The lowest BCUT2D eigenvalue weighted by molar-refractivity contribution is -0.140. The number of carbonyl (C=O) groups is 2. The summed E-state index contributed by atoms with van der Waals surface area (Å²) in [6.07, 6.45) is 4.12. The lowest BCUT2D eigenvalue weighted by Crippen LogP contribution is -2.53. The Kier molecular flexibility index (Phi) is 9.16. The quantitative estimate of drug-likeness (QED) is 0.667. The molecular formula is C14H29N3O3. The highest BCUT2D eigenvalue weighted by Gasteiger charge is 2.31. The van der Waals surface area contributed by atoms with Crippen LogP contribution in [0.3, 0.4) is 0 Å². The molecule has 0 aliphatic carbocycles. The van der Waals surface area contributed by atoms with Crippen LogP contribution in [0.25, 0.3) is 0 Å². The Balaban J connectivity index is 0.00000361. The molecule has 1 aliphatic rings. The molecule has 0 spiro atoms. The Hall–Kier alpha value is -1.14. The molecule has 1 saturated heterocycles. The van der Waals surface area contributed by atoms with Crippen molar-refractivity contribution >= 4 is 11.8 Å². The Bertz CT molecular complexity index is 304. The Morgan fingerprint density at radius 1 is 1.30 bits per heavy atom. The summed E-state index contributed by atoms with van der Waals surface area (Å²) < 4.78 is 0. The van der Waals surface area contributed by atoms with Gasteiger partial charge in [-0.05, 0) is 25.7 Å². The highest BCUT2D eigenvalue weighted by atomic mass is 16.2. The Morgan fingerprint density at radius 2 is 1.90 bits per heavy atom. The maximum absolute atomic E-state index is 12.3. The van der Waals surface area contributed by atoms with E-state index in [0.29, 0.717) is 19.4 Å². The molecule has 1 unspecified atom stereocenters. The third kappa shape index (κ3) is 5.09. The summed E-state index contributed by atoms with van der Waals surface area (Å²) in [4.78, 5) is 25.8. The predicted octanol–water partition coefficient (Wildman–Crippen LogP) is 0.716. The van der Waals surface area contributed by atoms with Gasteiger partial charge in [0.2, 0.25) is 5.91 Å². The Labute approximate surface area is 121 Å². The minimum Gasteiger partial charge on any atom is -0.412 e. The van der Waals surface area contributed by atoms with Gasteiger partial charge in [-0.2, -0.15) is 0 Å². The van der Waals surface area contributed by atoms with Gasteiger partial charge in [-0.25, -0.2) is 5.01 Å². The molecule has 3 N–H and O–H groups in total. The van der Waals surface area contributed by atoms with Crippen LogP contribution in [0, 0.1) is 0 Å². The monoisotopic (exact) mass is 287 g/mol. The number of likely N-dealkylation sites (tertiary alicyclic amines) is 1. The van der Waals surface area contributed by atoms with Gasteiger partial charge in [-0.1, -0.05) is 20.8 Å². The number of hydrogen-bond acceptors (Lipinski definition) is 3. The second-order valence-corrected chi connectivity index (χ2v) is 5.08. The van der Waals surface area contributed by atoms with E-state index in [9.17, 15) is 9.59 Å². The van der Waals surface area contributed by atoms with E-state index in [2.05, 4.69) is 19.3 Å². The van der Waals surface area contributed by atoms with Crippen molar-refractivity contribution in [2.24, 2.45) is 0 Å². The van der Waals surface area contributed by atoms with Gasteiger partial charge in [0.15, 0.2) is 0 Å². The second-order valence-electron chi connectivity index (χ2n) is 5.08. The number of hydrogen-bond donors (Lipinski definition) is 1. The zero-order valence-electron chi connectivity index (χ0n) is 12.9. The third-order valence-electron chi connectivity index (χ3n) is 3.43. The van der Waals surface area contributed by atoms with Gasteiger partial charge in [-0.15, -0.1) is 0 Å². The maximum atomic E-state index is 12.3. The summed E-state index contributed by atoms with van der Waals surface area (Å²) in [6.45, 7) is 8.56. The van der Waals surface area contributed by atoms with Gasteiger partial charge in [0.1, 0.15) is 6.04 Å². The molecule has 6 nitrogen and oxygen atoms in total. The first kappa shape index (κ1) is 18.9. The first-order chi connectivity index (χ1) is 9.13. The fourth-order valence-electron chi connectivity index (χ4n) is 2.54.